The van der Waals surface area contributed by atoms with E-state index in [0.29, 0.717) is 10.0 Å². The number of aromatic nitrogens is 3. The van der Waals surface area contributed by atoms with E-state index in [-0.39, 0.29) is 17.2 Å². The van der Waals surface area contributed by atoms with Crippen LogP contribution in [-0.4, -0.2) is 15.0 Å². The Morgan fingerprint density at radius 3 is 2.45 bits per heavy atom. The lowest BCUT2D eigenvalue weighted by Crippen LogP contribution is -2.29. The highest BCUT2D eigenvalue weighted by atomic mass is 35.5. The lowest BCUT2D eigenvalue weighted by Gasteiger charge is -2.28. The van der Waals surface area contributed by atoms with Gasteiger partial charge in [0.2, 0.25) is 17.2 Å². The van der Waals surface area contributed by atoms with Gasteiger partial charge in [0.1, 0.15) is 0 Å². The molecule has 0 aliphatic rings. The molecule has 0 radical (unpaired) electrons. The first-order chi connectivity index (χ1) is 9.29. The SMILES string of the molecule is CC(C)(Nc1nc(N)nc(Cl)n1)c1cccc(Cl)c1Cl. The van der Waals surface area contributed by atoms with Crippen molar-refractivity contribution < 1.29 is 0 Å². The fourth-order valence-electron chi connectivity index (χ4n) is 1.75. The summed E-state index contributed by atoms with van der Waals surface area (Å²) in [5, 5.41) is 4.09. The van der Waals surface area contributed by atoms with Gasteiger partial charge in [-0.15, -0.1) is 0 Å². The molecule has 0 amide bonds. The van der Waals surface area contributed by atoms with Crippen LogP contribution in [0.5, 0.6) is 0 Å². The summed E-state index contributed by atoms with van der Waals surface area (Å²) in [5.74, 6) is 0.309. The standard InChI is InChI=1S/C12H12Cl3N5/c1-12(2,6-4-3-5-7(13)8(6)14)20-11-18-9(15)17-10(16)19-11/h3-5H,1-2H3,(H3,16,17,18,19,20). The zero-order chi connectivity index (χ0) is 14.9. The Hall–Kier alpha value is -1.30. The van der Waals surface area contributed by atoms with Crippen LogP contribution in [-0.2, 0) is 5.54 Å². The van der Waals surface area contributed by atoms with Crippen molar-refractivity contribution in [2.24, 2.45) is 0 Å². The molecule has 8 heteroatoms. The van der Waals surface area contributed by atoms with Crippen molar-refractivity contribution in [2.45, 2.75) is 19.4 Å². The molecule has 0 fully saturated rings. The van der Waals surface area contributed by atoms with Gasteiger partial charge in [0, 0.05) is 0 Å². The summed E-state index contributed by atoms with van der Waals surface area (Å²) < 4.78 is 0. The smallest absolute Gasteiger partial charge is 0.229 e. The Kier molecular flexibility index (Phi) is 4.22. The Balaban J connectivity index is 2.37. The van der Waals surface area contributed by atoms with Gasteiger partial charge < -0.3 is 11.1 Å². The van der Waals surface area contributed by atoms with Crippen LogP contribution in [0.1, 0.15) is 19.4 Å². The highest BCUT2D eigenvalue weighted by Crippen LogP contribution is 2.34. The summed E-state index contributed by atoms with van der Waals surface area (Å²) in [5.41, 5.74) is 5.77. The van der Waals surface area contributed by atoms with E-state index in [1.807, 2.05) is 26.0 Å². The molecule has 2 aromatic rings. The van der Waals surface area contributed by atoms with Crippen LogP contribution in [0, 0.1) is 0 Å². The fraction of sp³-hybridized carbons (Fsp3) is 0.250. The molecule has 0 saturated carbocycles. The Morgan fingerprint density at radius 1 is 1.10 bits per heavy atom. The zero-order valence-corrected chi connectivity index (χ0v) is 13.1. The van der Waals surface area contributed by atoms with Gasteiger partial charge in [0.15, 0.2) is 0 Å². The minimum absolute atomic E-state index is 0.0213. The molecule has 0 spiro atoms. The van der Waals surface area contributed by atoms with Gasteiger partial charge in [0.25, 0.3) is 0 Å². The first kappa shape index (κ1) is 15.1. The molecule has 1 heterocycles. The monoisotopic (exact) mass is 331 g/mol. The number of nitrogens with one attached hydrogen (secondary N) is 1. The van der Waals surface area contributed by atoms with Crippen LogP contribution in [0.2, 0.25) is 15.3 Å². The van der Waals surface area contributed by atoms with Gasteiger partial charge in [0.05, 0.1) is 15.6 Å². The van der Waals surface area contributed by atoms with E-state index < -0.39 is 5.54 Å². The second kappa shape index (κ2) is 5.60. The van der Waals surface area contributed by atoms with E-state index in [2.05, 4.69) is 20.3 Å². The van der Waals surface area contributed by atoms with Crippen LogP contribution in [0.15, 0.2) is 18.2 Å². The number of halogens is 3. The second-order valence-corrected chi connectivity index (χ2v) is 5.76. The molecule has 0 unspecified atom stereocenters. The lowest BCUT2D eigenvalue weighted by atomic mass is 9.94. The van der Waals surface area contributed by atoms with Gasteiger partial charge in [-0.3, -0.25) is 0 Å². The van der Waals surface area contributed by atoms with Gasteiger partial charge in [-0.2, -0.15) is 15.0 Å². The molecule has 106 valence electrons. The Labute approximate surface area is 131 Å². The Bertz CT molecular complexity index is 625. The van der Waals surface area contributed by atoms with Crippen LogP contribution in [0.3, 0.4) is 0 Å². The third kappa shape index (κ3) is 3.23. The van der Waals surface area contributed by atoms with Crippen molar-refractivity contribution in [1.29, 1.82) is 0 Å². The molecule has 0 aliphatic heterocycles. The summed E-state index contributed by atoms with van der Waals surface area (Å²) >= 11 is 18.0. The van der Waals surface area contributed by atoms with E-state index in [0.717, 1.165) is 5.56 Å². The maximum atomic E-state index is 6.23. The van der Waals surface area contributed by atoms with E-state index in [1.165, 1.54) is 0 Å². The molecular formula is C12H12Cl3N5. The van der Waals surface area contributed by atoms with Crippen molar-refractivity contribution in [1.82, 2.24) is 15.0 Å². The number of hydrogen-bond acceptors (Lipinski definition) is 5. The third-order valence-corrected chi connectivity index (χ3v) is 3.66. The zero-order valence-electron chi connectivity index (χ0n) is 10.8. The average Bonchev–Trinajstić information content (AvgIpc) is 2.30. The number of nitrogens with two attached hydrogens (primary N) is 1. The van der Waals surface area contributed by atoms with E-state index in [9.17, 15) is 0 Å². The quantitative estimate of drug-likeness (QED) is 0.895. The number of anilines is 2. The highest BCUT2D eigenvalue weighted by Gasteiger charge is 2.25. The molecule has 2 rings (SSSR count). The largest absolute Gasteiger partial charge is 0.368 e. The summed E-state index contributed by atoms with van der Waals surface area (Å²) in [6.45, 7) is 3.83. The predicted octanol–water partition coefficient (Wildman–Crippen LogP) is 3.76. The van der Waals surface area contributed by atoms with Crippen molar-refractivity contribution >= 4 is 46.7 Å². The van der Waals surface area contributed by atoms with Crippen LogP contribution < -0.4 is 11.1 Å². The number of rotatable bonds is 3. The minimum Gasteiger partial charge on any atom is -0.368 e. The molecule has 1 aromatic heterocycles. The second-order valence-electron chi connectivity index (χ2n) is 4.64. The molecular weight excluding hydrogens is 321 g/mol. The van der Waals surface area contributed by atoms with Crippen LogP contribution in [0.4, 0.5) is 11.9 Å². The first-order valence-corrected chi connectivity index (χ1v) is 6.83. The van der Waals surface area contributed by atoms with Gasteiger partial charge in [-0.25, -0.2) is 0 Å². The van der Waals surface area contributed by atoms with Crippen molar-refractivity contribution in [3.8, 4) is 0 Å². The fourth-order valence-corrected chi connectivity index (χ4v) is 2.46. The Morgan fingerprint density at radius 2 is 1.80 bits per heavy atom. The van der Waals surface area contributed by atoms with E-state index >= 15 is 0 Å². The summed E-state index contributed by atoms with van der Waals surface area (Å²) in [4.78, 5) is 11.7. The van der Waals surface area contributed by atoms with Crippen molar-refractivity contribution in [3.63, 3.8) is 0 Å². The first-order valence-electron chi connectivity index (χ1n) is 5.69. The summed E-state index contributed by atoms with van der Waals surface area (Å²) in [6, 6.07) is 5.41. The summed E-state index contributed by atoms with van der Waals surface area (Å²) in [6.07, 6.45) is 0. The minimum atomic E-state index is -0.570. The average molecular weight is 333 g/mol. The van der Waals surface area contributed by atoms with Crippen LogP contribution >= 0.6 is 34.8 Å². The maximum Gasteiger partial charge on any atom is 0.229 e. The third-order valence-electron chi connectivity index (χ3n) is 2.67. The van der Waals surface area contributed by atoms with Crippen molar-refractivity contribution in [3.05, 3.63) is 39.1 Å². The number of nitrogens with zero attached hydrogens (tertiary/aromatic N) is 3. The van der Waals surface area contributed by atoms with E-state index in [1.54, 1.807) is 6.07 Å². The van der Waals surface area contributed by atoms with Gasteiger partial charge >= 0.3 is 0 Å². The highest BCUT2D eigenvalue weighted by molar-refractivity contribution is 6.42. The van der Waals surface area contributed by atoms with Crippen LogP contribution in [0.25, 0.3) is 0 Å². The number of hydrogen-bond donors (Lipinski definition) is 2. The predicted molar refractivity (Wildman–Crippen MR) is 82.4 cm³/mol. The number of nitrogen functional groups attached to an aromatic ring is 1. The molecule has 0 atom stereocenters. The molecule has 3 N–H and O–H groups in total. The van der Waals surface area contributed by atoms with Gasteiger partial charge in [-0.1, -0.05) is 35.3 Å². The molecule has 1 aromatic carbocycles. The molecule has 5 nitrogen and oxygen atoms in total. The van der Waals surface area contributed by atoms with Gasteiger partial charge in [-0.05, 0) is 37.1 Å². The number of benzene rings is 1. The lowest BCUT2D eigenvalue weighted by molar-refractivity contribution is 0.601. The summed E-state index contributed by atoms with van der Waals surface area (Å²) in [7, 11) is 0. The normalized spacial score (nSPS) is 11.4. The molecule has 20 heavy (non-hydrogen) atoms. The topological polar surface area (TPSA) is 76.7 Å². The van der Waals surface area contributed by atoms with E-state index in [4.69, 9.17) is 40.5 Å². The molecule has 0 bridgehead atoms. The molecule has 0 saturated heterocycles. The molecule has 0 aliphatic carbocycles. The maximum absolute atomic E-state index is 6.23. The van der Waals surface area contributed by atoms with Crippen molar-refractivity contribution in [2.75, 3.05) is 11.1 Å².